The van der Waals surface area contributed by atoms with Crippen LogP contribution in [0.1, 0.15) is 49.7 Å². The van der Waals surface area contributed by atoms with E-state index in [4.69, 9.17) is 5.11 Å². The van der Waals surface area contributed by atoms with Crippen LogP contribution < -0.4 is 0 Å². The highest BCUT2D eigenvalue weighted by molar-refractivity contribution is 5.68. The molecule has 2 nitrogen and oxygen atoms in total. The lowest BCUT2D eigenvalue weighted by Gasteiger charge is -2.15. The van der Waals surface area contributed by atoms with Gasteiger partial charge >= 0.3 is 5.97 Å². The maximum absolute atomic E-state index is 10.8. The molecule has 2 rings (SSSR count). The zero-order valence-electron chi connectivity index (χ0n) is 9.81. The second kappa shape index (κ2) is 4.28. The van der Waals surface area contributed by atoms with Crippen LogP contribution in [0, 0.1) is 5.92 Å². The number of benzene rings is 1. The first-order chi connectivity index (χ1) is 7.59. The molecule has 0 fully saturated rings. The Kier molecular flexibility index (Phi) is 2.99. The van der Waals surface area contributed by atoms with Crippen molar-refractivity contribution in [3.63, 3.8) is 0 Å². The third-order valence-electron chi connectivity index (χ3n) is 3.60. The van der Waals surface area contributed by atoms with E-state index in [1.807, 2.05) is 6.07 Å². The Balaban J connectivity index is 2.31. The van der Waals surface area contributed by atoms with Crippen LogP contribution in [0.2, 0.25) is 0 Å². The number of carbonyl (C=O) groups is 1. The summed E-state index contributed by atoms with van der Waals surface area (Å²) in [6, 6.07) is 8.31. The van der Waals surface area contributed by atoms with Gasteiger partial charge in [0.2, 0.25) is 0 Å². The number of hydrogen-bond acceptors (Lipinski definition) is 1. The molecule has 1 aliphatic rings. The molecule has 0 amide bonds. The van der Waals surface area contributed by atoms with Crippen molar-refractivity contribution in [3.8, 4) is 0 Å². The standard InChI is InChI=1S/C14H18O2/c1-9(2)13-7-10(8-14(15)16)11-5-3-4-6-12(11)13/h3-6,9-10,13H,7-8H2,1-2H3,(H,15,16)/t10-,13-/m1/s1. The summed E-state index contributed by atoms with van der Waals surface area (Å²) in [5.41, 5.74) is 2.62. The van der Waals surface area contributed by atoms with Crippen LogP contribution in [-0.4, -0.2) is 11.1 Å². The molecular formula is C14H18O2. The molecule has 1 N–H and O–H groups in total. The molecule has 0 unspecified atom stereocenters. The van der Waals surface area contributed by atoms with E-state index in [-0.39, 0.29) is 12.3 Å². The third kappa shape index (κ3) is 1.97. The summed E-state index contributed by atoms with van der Waals surface area (Å²) < 4.78 is 0. The number of hydrogen-bond donors (Lipinski definition) is 1. The van der Waals surface area contributed by atoms with Crippen molar-refractivity contribution in [2.45, 2.75) is 38.5 Å². The molecular weight excluding hydrogens is 200 g/mol. The summed E-state index contributed by atoms with van der Waals surface area (Å²) in [4.78, 5) is 10.8. The predicted octanol–water partition coefficient (Wildman–Crippen LogP) is 3.39. The average molecular weight is 218 g/mol. The number of aliphatic carboxylic acids is 1. The molecule has 86 valence electrons. The highest BCUT2D eigenvalue weighted by Crippen LogP contribution is 2.46. The van der Waals surface area contributed by atoms with Crippen molar-refractivity contribution < 1.29 is 9.90 Å². The SMILES string of the molecule is CC(C)[C@H]1C[C@H](CC(=O)O)c2ccccc21. The van der Waals surface area contributed by atoms with Crippen molar-refractivity contribution in [3.05, 3.63) is 35.4 Å². The van der Waals surface area contributed by atoms with Crippen LogP contribution in [0.25, 0.3) is 0 Å². The van der Waals surface area contributed by atoms with Gasteiger partial charge in [0.1, 0.15) is 0 Å². The van der Waals surface area contributed by atoms with Gasteiger partial charge in [0.15, 0.2) is 0 Å². The van der Waals surface area contributed by atoms with Crippen LogP contribution >= 0.6 is 0 Å². The second-order valence-electron chi connectivity index (χ2n) is 5.01. The lowest BCUT2D eigenvalue weighted by atomic mass is 9.89. The molecule has 1 aromatic rings. The summed E-state index contributed by atoms with van der Waals surface area (Å²) in [7, 11) is 0. The van der Waals surface area contributed by atoms with Gasteiger partial charge in [-0.15, -0.1) is 0 Å². The van der Waals surface area contributed by atoms with Crippen LogP contribution in [0.4, 0.5) is 0 Å². The minimum Gasteiger partial charge on any atom is -0.481 e. The molecule has 0 spiro atoms. The van der Waals surface area contributed by atoms with E-state index in [0.717, 1.165) is 6.42 Å². The zero-order chi connectivity index (χ0) is 11.7. The summed E-state index contributed by atoms with van der Waals surface area (Å²) >= 11 is 0. The van der Waals surface area contributed by atoms with E-state index >= 15 is 0 Å². The molecule has 0 saturated heterocycles. The fourth-order valence-electron chi connectivity index (χ4n) is 2.82. The monoisotopic (exact) mass is 218 g/mol. The first-order valence-corrected chi connectivity index (χ1v) is 5.90. The van der Waals surface area contributed by atoms with E-state index in [1.165, 1.54) is 11.1 Å². The zero-order valence-corrected chi connectivity index (χ0v) is 9.81. The Morgan fingerprint density at radius 3 is 2.56 bits per heavy atom. The molecule has 1 aliphatic carbocycles. The Morgan fingerprint density at radius 1 is 1.38 bits per heavy atom. The van der Waals surface area contributed by atoms with Crippen LogP contribution in [0.15, 0.2) is 24.3 Å². The lowest BCUT2D eigenvalue weighted by Crippen LogP contribution is -2.05. The maximum atomic E-state index is 10.8. The van der Waals surface area contributed by atoms with E-state index < -0.39 is 5.97 Å². The topological polar surface area (TPSA) is 37.3 Å². The number of rotatable bonds is 3. The fourth-order valence-corrected chi connectivity index (χ4v) is 2.82. The van der Waals surface area contributed by atoms with E-state index in [0.29, 0.717) is 11.8 Å². The molecule has 2 atom stereocenters. The molecule has 16 heavy (non-hydrogen) atoms. The highest BCUT2D eigenvalue weighted by atomic mass is 16.4. The van der Waals surface area contributed by atoms with Gasteiger partial charge in [-0.1, -0.05) is 38.1 Å². The van der Waals surface area contributed by atoms with E-state index in [1.54, 1.807) is 0 Å². The first-order valence-electron chi connectivity index (χ1n) is 5.90. The number of fused-ring (bicyclic) bond motifs is 1. The van der Waals surface area contributed by atoms with Crippen LogP contribution in [0.3, 0.4) is 0 Å². The summed E-state index contributed by atoms with van der Waals surface area (Å²) in [5.74, 6) is 0.630. The van der Waals surface area contributed by atoms with Crippen LogP contribution in [-0.2, 0) is 4.79 Å². The second-order valence-corrected chi connectivity index (χ2v) is 5.01. The van der Waals surface area contributed by atoms with Gasteiger partial charge in [0.05, 0.1) is 6.42 Å². The van der Waals surface area contributed by atoms with E-state index in [9.17, 15) is 4.79 Å². The Bertz CT molecular complexity index is 395. The molecule has 0 saturated carbocycles. The first kappa shape index (κ1) is 11.2. The van der Waals surface area contributed by atoms with Crippen molar-refractivity contribution in [2.24, 2.45) is 5.92 Å². The van der Waals surface area contributed by atoms with Crippen LogP contribution in [0.5, 0.6) is 0 Å². The summed E-state index contributed by atoms with van der Waals surface area (Å²) in [6.07, 6.45) is 1.25. The van der Waals surface area contributed by atoms with Crippen molar-refractivity contribution in [2.75, 3.05) is 0 Å². The van der Waals surface area contributed by atoms with Crippen molar-refractivity contribution >= 4 is 5.97 Å². The minimum atomic E-state index is -0.691. The quantitative estimate of drug-likeness (QED) is 0.844. The molecule has 0 radical (unpaired) electrons. The van der Waals surface area contributed by atoms with Gasteiger partial charge in [-0.2, -0.15) is 0 Å². The molecule has 0 aromatic heterocycles. The summed E-state index contributed by atoms with van der Waals surface area (Å²) in [6.45, 7) is 4.43. The average Bonchev–Trinajstić information content (AvgIpc) is 2.57. The van der Waals surface area contributed by atoms with Gasteiger partial charge in [0, 0.05) is 0 Å². The van der Waals surface area contributed by atoms with Crippen molar-refractivity contribution in [1.82, 2.24) is 0 Å². The highest BCUT2D eigenvalue weighted by Gasteiger charge is 2.33. The van der Waals surface area contributed by atoms with Gasteiger partial charge < -0.3 is 5.11 Å². The third-order valence-corrected chi connectivity index (χ3v) is 3.60. The Labute approximate surface area is 96.3 Å². The molecule has 0 aliphatic heterocycles. The van der Waals surface area contributed by atoms with Crippen molar-refractivity contribution in [1.29, 1.82) is 0 Å². The van der Waals surface area contributed by atoms with Gasteiger partial charge in [-0.05, 0) is 35.3 Å². The normalized spacial score (nSPS) is 23.4. The maximum Gasteiger partial charge on any atom is 0.303 e. The smallest absolute Gasteiger partial charge is 0.303 e. The lowest BCUT2D eigenvalue weighted by molar-refractivity contribution is -0.137. The summed E-state index contributed by atoms with van der Waals surface area (Å²) in [5, 5.41) is 8.92. The molecule has 0 heterocycles. The molecule has 1 aromatic carbocycles. The largest absolute Gasteiger partial charge is 0.481 e. The van der Waals surface area contributed by atoms with E-state index in [2.05, 4.69) is 32.0 Å². The minimum absolute atomic E-state index is 0.209. The van der Waals surface area contributed by atoms with Gasteiger partial charge in [0.25, 0.3) is 0 Å². The predicted molar refractivity (Wildman–Crippen MR) is 63.6 cm³/mol. The Morgan fingerprint density at radius 2 is 2.00 bits per heavy atom. The van der Waals surface area contributed by atoms with Gasteiger partial charge in [-0.3, -0.25) is 4.79 Å². The van der Waals surface area contributed by atoms with Gasteiger partial charge in [-0.25, -0.2) is 0 Å². The Hall–Kier alpha value is -1.31. The molecule has 0 bridgehead atoms. The fraction of sp³-hybridized carbons (Fsp3) is 0.500. The number of carboxylic acids is 1. The molecule has 2 heteroatoms. The number of carboxylic acid groups (broad SMARTS) is 1.